The number of anilines is 3. The first-order chi connectivity index (χ1) is 20.4. The van der Waals surface area contributed by atoms with Crippen LogP contribution >= 0.6 is 22.9 Å². The van der Waals surface area contributed by atoms with Gasteiger partial charge in [-0.05, 0) is 78.4 Å². The molecule has 0 fully saturated rings. The Morgan fingerprint density at radius 1 is 0.952 bits per heavy atom. The topological polar surface area (TPSA) is 105 Å². The first kappa shape index (κ1) is 28.5. The lowest BCUT2D eigenvalue weighted by molar-refractivity contribution is -0.118. The van der Waals surface area contributed by atoms with Crippen LogP contribution < -0.4 is 20.8 Å². The van der Waals surface area contributed by atoms with Crippen molar-refractivity contribution in [2.75, 3.05) is 17.2 Å². The molecule has 0 aliphatic rings. The van der Waals surface area contributed by atoms with Crippen LogP contribution in [0.3, 0.4) is 0 Å². The van der Waals surface area contributed by atoms with Crippen LogP contribution in [0, 0.1) is 5.82 Å². The summed E-state index contributed by atoms with van der Waals surface area (Å²) in [4.78, 5) is 29.2. The van der Waals surface area contributed by atoms with Gasteiger partial charge in [0.2, 0.25) is 0 Å². The maximum Gasteiger partial charge on any atom is 0.271 e. The second-order valence-electron chi connectivity index (χ2n) is 8.83. The van der Waals surface area contributed by atoms with Crippen molar-refractivity contribution >= 4 is 57.5 Å². The third-order valence-corrected chi connectivity index (χ3v) is 6.83. The molecule has 3 N–H and O–H groups in total. The highest BCUT2D eigenvalue weighted by atomic mass is 35.5. The lowest BCUT2D eigenvalue weighted by atomic mass is 10.1. The number of thiazole rings is 1. The van der Waals surface area contributed by atoms with E-state index in [1.54, 1.807) is 54.6 Å². The van der Waals surface area contributed by atoms with Crippen LogP contribution in [-0.4, -0.2) is 29.6 Å². The molecule has 2 amide bonds. The number of hydrogen-bond donors (Lipinski definition) is 3. The molecule has 11 heteroatoms. The summed E-state index contributed by atoms with van der Waals surface area (Å²) in [6.07, 6.45) is 1.49. The summed E-state index contributed by atoms with van der Waals surface area (Å²) in [6.45, 7) is -0.277. The number of hydrazone groups is 1. The summed E-state index contributed by atoms with van der Waals surface area (Å²) in [7, 11) is 0. The second kappa shape index (κ2) is 13.5. The molecular weight excluding hydrogens is 577 g/mol. The Bertz CT molecular complexity index is 1710. The lowest BCUT2D eigenvalue weighted by Crippen LogP contribution is -2.20. The Kier molecular flexibility index (Phi) is 9.17. The number of rotatable bonds is 10. The second-order valence-corrected chi connectivity index (χ2v) is 10.1. The summed E-state index contributed by atoms with van der Waals surface area (Å²) < 4.78 is 19.1. The largest absolute Gasteiger partial charge is 0.484 e. The highest BCUT2D eigenvalue weighted by Gasteiger charge is 2.09. The van der Waals surface area contributed by atoms with E-state index in [9.17, 15) is 14.0 Å². The maximum absolute atomic E-state index is 13.7. The van der Waals surface area contributed by atoms with E-state index in [0.717, 1.165) is 22.1 Å². The molecule has 1 aromatic heterocycles. The van der Waals surface area contributed by atoms with E-state index in [1.807, 2.05) is 29.6 Å². The van der Waals surface area contributed by atoms with Crippen molar-refractivity contribution in [3.63, 3.8) is 0 Å². The van der Waals surface area contributed by atoms with E-state index in [4.69, 9.17) is 16.3 Å². The summed E-state index contributed by atoms with van der Waals surface area (Å²) >= 11 is 7.41. The van der Waals surface area contributed by atoms with E-state index >= 15 is 0 Å². The molecule has 5 aromatic rings. The number of amides is 2. The predicted octanol–water partition coefficient (Wildman–Crippen LogP) is 7.13. The van der Waals surface area contributed by atoms with Crippen LogP contribution in [0.1, 0.15) is 15.9 Å². The van der Waals surface area contributed by atoms with Crippen LogP contribution in [0.15, 0.2) is 108 Å². The monoisotopic (exact) mass is 599 g/mol. The SMILES string of the molecule is O=C(COc1ccc(/C=N\NC(=O)c2ccc(-c3csc(Nc4ccc(Cl)cc4)n3)cc2)cc1)Nc1ccccc1F. The first-order valence-electron chi connectivity index (χ1n) is 12.6. The minimum absolute atomic E-state index is 0.0902. The number of ether oxygens (including phenoxy) is 1. The fourth-order valence-electron chi connectivity index (χ4n) is 3.69. The highest BCUT2D eigenvalue weighted by Crippen LogP contribution is 2.28. The van der Waals surface area contributed by atoms with Gasteiger partial charge in [0.15, 0.2) is 11.7 Å². The van der Waals surface area contributed by atoms with Gasteiger partial charge in [0.1, 0.15) is 11.6 Å². The molecule has 0 spiro atoms. The summed E-state index contributed by atoms with van der Waals surface area (Å²) in [5.74, 6) is -0.911. The molecule has 5 rings (SSSR count). The first-order valence-corrected chi connectivity index (χ1v) is 13.9. The number of carbonyl (C=O) groups is 2. The van der Waals surface area contributed by atoms with Crippen molar-refractivity contribution < 1.29 is 18.7 Å². The molecule has 0 aliphatic carbocycles. The molecule has 0 atom stereocenters. The average molecular weight is 600 g/mol. The van der Waals surface area contributed by atoms with Crippen LogP contribution in [0.4, 0.5) is 20.9 Å². The van der Waals surface area contributed by atoms with Gasteiger partial charge in [0.25, 0.3) is 11.8 Å². The third kappa shape index (κ3) is 7.78. The van der Waals surface area contributed by atoms with Crippen LogP contribution in [0.2, 0.25) is 5.02 Å². The summed E-state index contributed by atoms with van der Waals surface area (Å²) in [5.41, 5.74) is 6.31. The zero-order valence-corrected chi connectivity index (χ0v) is 23.5. The molecule has 0 unspecified atom stereocenters. The van der Waals surface area contributed by atoms with Crippen molar-refractivity contribution in [3.8, 4) is 17.0 Å². The van der Waals surface area contributed by atoms with Crippen LogP contribution in [0.25, 0.3) is 11.3 Å². The summed E-state index contributed by atoms with van der Waals surface area (Å²) in [6, 6.07) is 27.1. The molecule has 0 saturated heterocycles. The Hall–Kier alpha value is -5.06. The molecule has 0 bridgehead atoms. The fraction of sp³-hybridized carbons (Fsp3) is 0.0323. The van der Waals surface area contributed by atoms with Gasteiger partial charge in [-0.1, -0.05) is 35.9 Å². The lowest BCUT2D eigenvalue weighted by Gasteiger charge is -2.08. The average Bonchev–Trinajstić information content (AvgIpc) is 3.47. The Balaban J connectivity index is 1.08. The minimum Gasteiger partial charge on any atom is -0.484 e. The molecule has 4 aromatic carbocycles. The number of halogens is 2. The van der Waals surface area contributed by atoms with Gasteiger partial charge in [0.05, 0.1) is 17.6 Å². The molecule has 0 aliphatic heterocycles. The molecule has 0 radical (unpaired) electrons. The normalized spacial score (nSPS) is 10.8. The van der Waals surface area contributed by atoms with Crippen LogP contribution in [-0.2, 0) is 4.79 Å². The van der Waals surface area contributed by atoms with Gasteiger partial charge >= 0.3 is 0 Å². The van der Waals surface area contributed by atoms with Crippen LogP contribution in [0.5, 0.6) is 5.75 Å². The zero-order valence-electron chi connectivity index (χ0n) is 21.9. The van der Waals surface area contributed by atoms with Crippen molar-refractivity contribution in [1.29, 1.82) is 0 Å². The van der Waals surface area contributed by atoms with Gasteiger partial charge in [-0.3, -0.25) is 9.59 Å². The summed E-state index contributed by atoms with van der Waals surface area (Å²) in [5, 5.41) is 13.1. The minimum atomic E-state index is -0.521. The van der Waals surface area contributed by atoms with Gasteiger partial charge in [-0.15, -0.1) is 11.3 Å². The van der Waals surface area contributed by atoms with E-state index in [-0.39, 0.29) is 18.2 Å². The standard InChI is InChI=1S/C31H23ClFN5O3S/c32-23-11-13-24(14-12-23)35-31-37-28(19-42-31)21-7-9-22(10-8-21)30(40)38-34-17-20-5-15-25(16-6-20)41-18-29(39)36-27-4-2-1-3-26(27)33/h1-17,19H,18H2,(H,35,37)(H,36,39)(H,38,40)/b34-17-. The van der Waals surface area contributed by atoms with E-state index in [1.165, 1.54) is 35.8 Å². The highest BCUT2D eigenvalue weighted by molar-refractivity contribution is 7.14. The van der Waals surface area contributed by atoms with Gasteiger partial charge < -0.3 is 15.4 Å². The number of carbonyl (C=O) groups excluding carboxylic acids is 2. The predicted molar refractivity (Wildman–Crippen MR) is 164 cm³/mol. The molecular formula is C31H23ClFN5O3S. The number of aromatic nitrogens is 1. The Morgan fingerprint density at radius 2 is 1.69 bits per heavy atom. The quantitative estimate of drug-likeness (QED) is 0.117. The number of nitrogens with zero attached hydrogens (tertiary/aromatic N) is 2. The van der Waals surface area contributed by atoms with E-state index in [2.05, 4.69) is 26.1 Å². The fourth-order valence-corrected chi connectivity index (χ4v) is 4.56. The molecule has 8 nitrogen and oxygen atoms in total. The molecule has 210 valence electrons. The zero-order chi connectivity index (χ0) is 29.3. The number of hydrogen-bond acceptors (Lipinski definition) is 7. The molecule has 1 heterocycles. The van der Waals surface area contributed by atoms with Crippen molar-refractivity contribution in [1.82, 2.24) is 10.4 Å². The molecule has 0 saturated carbocycles. The third-order valence-electron chi connectivity index (χ3n) is 5.82. The van der Waals surface area contributed by atoms with Crippen molar-refractivity contribution in [3.05, 3.63) is 124 Å². The van der Waals surface area contributed by atoms with Gasteiger partial charge in [0, 0.05) is 27.2 Å². The van der Waals surface area contributed by atoms with Crippen molar-refractivity contribution in [2.45, 2.75) is 0 Å². The van der Waals surface area contributed by atoms with E-state index in [0.29, 0.717) is 21.9 Å². The van der Waals surface area contributed by atoms with Gasteiger partial charge in [-0.2, -0.15) is 5.10 Å². The van der Waals surface area contributed by atoms with Crippen molar-refractivity contribution in [2.24, 2.45) is 5.10 Å². The van der Waals surface area contributed by atoms with Gasteiger partial charge in [-0.25, -0.2) is 14.8 Å². The Morgan fingerprint density at radius 3 is 2.43 bits per heavy atom. The van der Waals surface area contributed by atoms with E-state index < -0.39 is 11.7 Å². The number of para-hydroxylation sites is 1. The smallest absolute Gasteiger partial charge is 0.271 e. The maximum atomic E-state index is 13.7. The Labute approximate surface area is 249 Å². The molecule has 42 heavy (non-hydrogen) atoms. The number of nitrogens with one attached hydrogen (secondary N) is 3. The number of benzene rings is 4.